The molecule has 0 atom stereocenters. The second-order valence-corrected chi connectivity index (χ2v) is 33.9. The minimum atomic E-state index is -3.91. The molecule has 25 heteroatoms. The number of aldehydes is 1. The van der Waals surface area contributed by atoms with Crippen molar-refractivity contribution >= 4 is 180 Å². The van der Waals surface area contributed by atoms with E-state index >= 15 is 0 Å². The minimum absolute atomic E-state index is 0.124. The number of fused-ring (bicyclic) bond motifs is 7. The average molecular weight is 1660 g/mol. The molecule has 3 aromatic heterocycles. The third-order valence-corrected chi connectivity index (χ3v) is 24.0. The fourth-order valence-corrected chi connectivity index (χ4v) is 17.0. The number of nitrogens with one attached hydrogen (secondary N) is 1. The van der Waals surface area contributed by atoms with Gasteiger partial charge in [-0.2, -0.15) is 0 Å². The zero-order valence-electron chi connectivity index (χ0n) is 60.6. The smallest absolute Gasteiger partial charge is 0.293 e. The number of carbonyl (C=O) groups excluding carboxylic acids is 1. The van der Waals surface area contributed by atoms with Gasteiger partial charge in [0.25, 0.3) is 34.8 Å². The van der Waals surface area contributed by atoms with Crippen LogP contribution in [0.25, 0.3) is 110 Å². The number of anilines is 1. The molecule has 0 spiro atoms. The van der Waals surface area contributed by atoms with Crippen LogP contribution < -0.4 is 5.73 Å². The van der Waals surface area contributed by atoms with E-state index in [1.807, 2.05) is 178 Å². The van der Waals surface area contributed by atoms with E-state index in [-0.39, 0.29) is 26.1 Å². The van der Waals surface area contributed by atoms with Gasteiger partial charge in [-0.25, -0.2) is 48.2 Å². The molecule has 0 aliphatic carbocycles. The van der Waals surface area contributed by atoms with E-state index in [2.05, 4.69) is 40.3 Å². The maximum atomic E-state index is 13.7. The Hall–Kier alpha value is -12.1. The maximum absolute atomic E-state index is 13.7. The van der Waals surface area contributed by atoms with Crippen molar-refractivity contribution < 1.29 is 35.0 Å². The first-order valence-electron chi connectivity index (χ1n) is 35.0. The molecule has 0 fully saturated rings. The van der Waals surface area contributed by atoms with E-state index in [9.17, 15) is 40.2 Å². The van der Waals surface area contributed by atoms with Crippen LogP contribution >= 0.6 is 57.1 Å². The Kier molecular flexibility index (Phi) is 24.2. The molecule has 18 aromatic rings. The van der Waals surface area contributed by atoms with Gasteiger partial charge in [0.05, 0.1) is 52.7 Å². The summed E-state index contributed by atoms with van der Waals surface area (Å²) < 4.78 is 79.0. The number of nitrogens with two attached hydrogens (primary N) is 1. The van der Waals surface area contributed by atoms with Crippen LogP contribution in [0.5, 0.6) is 0 Å². The van der Waals surface area contributed by atoms with Crippen molar-refractivity contribution in [3.8, 4) is 34.2 Å². The summed E-state index contributed by atoms with van der Waals surface area (Å²) in [6.45, 7) is 5.72. The van der Waals surface area contributed by atoms with Crippen LogP contribution in [0.3, 0.4) is 0 Å². The predicted molar refractivity (Wildman–Crippen MR) is 463 cm³/mol. The highest BCUT2D eigenvalue weighted by molar-refractivity contribution is 8.13. The molecule has 0 amide bonds. The molecule has 0 unspecified atom stereocenters. The summed E-state index contributed by atoms with van der Waals surface area (Å²) in [6.07, 6.45) is 0.891. The molecule has 568 valence electrons. The predicted octanol–water partition coefficient (Wildman–Crippen LogP) is 23.6. The lowest BCUT2D eigenvalue weighted by Crippen LogP contribution is -2.14. The fourth-order valence-electron chi connectivity index (χ4n) is 12.6. The normalized spacial score (nSPS) is 11.3. The molecule has 18 rings (SSSR count). The molecule has 0 aliphatic rings. The van der Waals surface area contributed by atoms with Gasteiger partial charge >= 0.3 is 0 Å². The van der Waals surface area contributed by atoms with E-state index in [0.29, 0.717) is 53.8 Å². The lowest BCUT2D eigenvalue weighted by atomic mass is 10.0. The molecule has 0 aliphatic heterocycles. The first-order valence-corrected chi connectivity index (χ1v) is 41.7. The van der Waals surface area contributed by atoms with Gasteiger partial charge in [-0.1, -0.05) is 269 Å². The summed E-state index contributed by atoms with van der Waals surface area (Å²) in [6, 6.07) is 95.5. The topological polar surface area (TPSA) is 253 Å². The molecule has 3 N–H and O–H groups in total. The summed E-state index contributed by atoms with van der Waals surface area (Å²) in [7, 11) is -6.26. The van der Waals surface area contributed by atoms with Crippen molar-refractivity contribution in [2.24, 2.45) is 0 Å². The third kappa shape index (κ3) is 17.9. The SMILES string of the molecule is Cc1ccc(S(=O)(=O)Cl)cc1.Cc1ccc(S(=O)(=O)n2c(-c3cccc4ccccc34)nc3cc(Cl)ccc32)cc1.Cc1ccc(S(=O)(=O)n2c(-c3cccc4ccccc34)nc3ccc(Cl)cc32)cc1.Clc1ccc2nc(-c3cccc4ccccc34)[nH]c2c1.Nc1ccc(Cl)cc1[N+](=O)[O-].O=Cc1cccc2ccccc12. The largest absolute Gasteiger partial charge is 0.393 e. The Labute approximate surface area is 680 Å². The highest BCUT2D eigenvalue weighted by Gasteiger charge is 2.29. The summed E-state index contributed by atoms with van der Waals surface area (Å²) in [5, 5.41) is 20.7. The van der Waals surface area contributed by atoms with Crippen molar-refractivity contribution in [2.75, 3.05) is 5.73 Å². The Morgan fingerprint density at radius 3 is 1.27 bits per heavy atom. The number of hydrogen-bond donors (Lipinski definition) is 2. The number of nitro groups is 1. The first-order chi connectivity index (χ1) is 54.7. The Morgan fingerprint density at radius 2 is 0.781 bits per heavy atom. The van der Waals surface area contributed by atoms with E-state index in [4.69, 9.17) is 72.8 Å². The number of nitrogens with zero attached hydrogens (tertiary/aromatic N) is 6. The Morgan fingerprint density at radius 1 is 0.395 bits per heavy atom. The monoisotopic (exact) mass is 1660 g/mol. The van der Waals surface area contributed by atoms with Gasteiger partial charge in [-0.3, -0.25) is 14.9 Å². The lowest BCUT2D eigenvalue weighted by Gasteiger charge is -2.12. The number of halogens is 5. The molecule has 0 bridgehead atoms. The third-order valence-electron chi connectivity index (χ3n) is 18.3. The first kappa shape index (κ1) is 80.0. The van der Waals surface area contributed by atoms with Crippen LogP contribution in [0.15, 0.2) is 330 Å². The number of H-pyrrole nitrogens is 1. The number of hydrogen-bond acceptors (Lipinski definition) is 13. The van der Waals surface area contributed by atoms with Crippen molar-refractivity contribution in [3.63, 3.8) is 0 Å². The van der Waals surface area contributed by atoms with Crippen LogP contribution in [0.4, 0.5) is 11.4 Å². The van der Waals surface area contributed by atoms with E-state index in [1.165, 1.54) is 49.0 Å². The Bertz CT molecular complexity index is 6950. The lowest BCUT2D eigenvalue weighted by molar-refractivity contribution is -0.383. The number of imidazole rings is 3. The summed E-state index contributed by atoms with van der Waals surface area (Å²) >= 11 is 23.9. The quantitative estimate of drug-likeness (QED) is 0.0425. The molecular weight excluding hydrogens is 1600 g/mol. The number of aromatic amines is 1. The van der Waals surface area contributed by atoms with Gasteiger partial charge in [0.15, 0.2) is 17.9 Å². The summed E-state index contributed by atoms with van der Waals surface area (Å²) in [5.74, 6) is 1.60. The van der Waals surface area contributed by atoms with Crippen LogP contribution in [-0.4, -0.2) is 64.3 Å². The standard InChI is InChI=1S/2C24H17ClN2O2S.C17H11ClN2.C11H8O.C7H7ClO2S.C6H5ClN2O2/c1-16-9-12-19(13-10-16)30(28,29)27-23-14-11-18(25)15-22(23)26-24(27)21-8-4-6-17-5-2-3-7-20(17)21;1-16-9-12-19(13-10-16)30(28,29)27-23-15-18(25)11-14-22(23)26-24(27)21-8-4-6-17-5-2-3-7-20(17)21;18-12-8-9-15-16(10-12)20-17(19-15)14-7-3-5-11-4-1-2-6-13(11)14;12-8-10-6-3-5-9-4-1-2-7-11(9)10;1-6-2-4-7(5-3-6)11(8,9)10;7-4-1-2-5(8)6(3-4)9(10)11/h2*2-15H,1H3;1-10H,(H,19,20);1-8H;2-5H,1H3;1-3H,8H2. The summed E-state index contributed by atoms with van der Waals surface area (Å²) in [4.78, 5) is 38.3. The maximum Gasteiger partial charge on any atom is 0.293 e. The number of carbonyl (C=O) groups is 1. The highest BCUT2D eigenvalue weighted by Crippen LogP contribution is 2.38. The molecular formula is C89H65Cl5N8O9S3. The van der Waals surface area contributed by atoms with Crippen LogP contribution in [-0.2, 0) is 29.1 Å². The number of rotatable bonds is 10. The summed E-state index contributed by atoms with van der Waals surface area (Å²) in [5.41, 5.74) is 15.5. The average Bonchev–Trinajstić information content (AvgIpc) is 1.58. The second-order valence-electron chi connectivity index (χ2n) is 26.0. The Balaban J connectivity index is 0.000000126. The van der Waals surface area contributed by atoms with E-state index in [1.54, 1.807) is 97.1 Å². The molecule has 15 aromatic carbocycles. The number of nitrogen functional groups attached to an aromatic ring is 1. The van der Waals surface area contributed by atoms with Crippen molar-refractivity contribution in [3.05, 3.63) is 368 Å². The van der Waals surface area contributed by atoms with Gasteiger partial charge < -0.3 is 10.7 Å². The molecule has 0 radical (unpaired) electrons. The number of aromatic nitrogens is 6. The van der Waals surface area contributed by atoms with Gasteiger partial charge in [-0.05, 0) is 167 Å². The number of nitro benzene ring substituents is 1. The second kappa shape index (κ2) is 34.5. The van der Waals surface area contributed by atoms with Gasteiger partial charge in [0, 0.05) is 59.1 Å². The van der Waals surface area contributed by atoms with Crippen molar-refractivity contribution in [2.45, 2.75) is 35.5 Å². The minimum Gasteiger partial charge on any atom is -0.393 e. The molecule has 3 heterocycles. The van der Waals surface area contributed by atoms with Crippen molar-refractivity contribution in [1.29, 1.82) is 0 Å². The molecule has 17 nitrogen and oxygen atoms in total. The molecule has 0 saturated heterocycles. The number of aryl methyl sites for hydroxylation is 3. The van der Waals surface area contributed by atoms with Gasteiger partial charge in [0.2, 0.25) is 0 Å². The number of benzene rings is 15. The zero-order valence-corrected chi connectivity index (χ0v) is 66.9. The van der Waals surface area contributed by atoms with E-state index < -0.39 is 34.0 Å². The highest BCUT2D eigenvalue weighted by atomic mass is 35.7. The van der Waals surface area contributed by atoms with Crippen LogP contribution in [0.1, 0.15) is 27.0 Å². The van der Waals surface area contributed by atoms with E-state index in [0.717, 1.165) is 94.4 Å². The van der Waals surface area contributed by atoms with Gasteiger partial charge in [0.1, 0.15) is 11.5 Å². The van der Waals surface area contributed by atoms with Gasteiger partial charge in [-0.15, -0.1) is 0 Å². The zero-order chi connectivity index (χ0) is 80.6. The van der Waals surface area contributed by atoms with Crippen LogP contribution in [0.2, 0.25) is 20.1 Å². The molecule has 114 heavy (non-hydrogen) atoms. The van der Waals surface area contributed by atoms with Crippen LogP contribution in [0, 0.1) is 30.9 Å². The fraction of sp³-hybridized carbons (Fsp3) is 0.0337. The van der Waals surface area contributed by atoms with Crippen molar-refractivity contribution in [1.82, 2.24) is 27.9 Å². The molecule has 0 saturated carbocycles.